The molecule has 4 heteroatoms. The first-order valence-electron chi connectivity index (χ1n) is 7.50. The highest BCUT2D eigenvalue weighted by molar-refractivity contribution is 4.85. The van der Waals surface area contributed by atoms with Gasteiger partial charge in [0, 0.05) is 32.2 Å². The van der Waals surface area contributed by atoms with E-state index in [0.29, 0.717) is 6.04 Å². The van der Waals surface area contributed by atoms with E-state index in [9.17, 15) is 5.11 Å². The third-order valence-electron chi connectivity index (χ3n) is 4.05. The van der Waals surface area contributed by atoms with Gasteiger partial charge in [-0.2, -0.15) is 0 Å². The molecule has 1 saturated carbocycles. The molecular formula is C15H31N3O. The molecule has 1 saturated heterocycles. The summed E-state index contributed by atoms with van der Waals surface area (Å²) in [5, 5.41) is 9.29. The normalized spacial score (nSPS) is 28.5. The van der Waals surface area contributed by atoms with E-state index in [0.717, 1.165) is 19.5 Å². The molecule has 0 atom stereocenters. The van der Waals surface area contributed by atoms with Crippen molar-refractivity contribution in [3.63, 3.8) is 0 Å². The Morgan fingerprint density at radius 2 is 1.68 bits per heavy atom. The van der Waals surface area contributed by atoms with Crippen LogP contribution in [0.15, 0.2) is 12.7 Å². The highest BCUT2D eigenvalue weighted by Crippen LogP contribution is 2.24. The molecule has 0 aromatic rings. The van der Waals surface area contributed by atoms with Gasteiger partial charge in [-0.1, -0.05) is 13.0 Å². The first-order valence-corrected chi connectivity index (χ1v) is 7.50. The Labute approximate surface area is 118 Å². The van der Waals surface area contributed by atoms with Crippen molar-refractivity contribution in [2.24, 2.45) is 0 Å². The Morgan fingerprint density at radius 1 is 1.21 bits per heavy atom. The van der Waals surface area contributed by atoms with Crippen LogP contribution in [0.25, 0.3) is 0 Å². The minimum Gasteiger partial charge on any atom is -0.393 e. The van der Waals surface area contributed by atoms with Gasteiger partial charge < -0.3 is 10.0 Å². The molecule has 4 nitrogen and oxygen atoms in total. The van der Waals surface area contributed by atoms with Crippen LogP contribution in [0.2, 0.25) is 0 Å². The molecule has 0 spiro atoms. The second-order valence-electron chi connectivity index (χ2n) is 5.64. The van der Waals surface area contributed by atoms with Gasteiger partial charge in [0.2, 0.25) is 0 Å². The standard InChI is InChI=1S/C12H25N3O.C3H6/c1-3-14-4-6-15(7-5-14)10-13(2)11-8-12(16)9-11;1-3-2/h11-12,16H,3-10H2,1-2H3;3H,1H2,2H3. The third-order valence-corrected chi connectivity index (χ3v) is 4.05. The fraction of sp³-hybridized carbons (Fsp3) is 0.867. The number of aliphatic hydroxyl groups is 1. The van der Waals surface area contributed by atoms with Crippen molar-refractivity contribution in [1.29, 1.82) is 0 Å². The molecule has 2 fully saturated rings. The van der Waals surface area contributed by atoms with Crippen molar-refractivity contribution in [2.75, 3.05) is 46.4 Å². The zero-order valence-corrected chi connectivity index (χ0v) is 12.9. The Morgan fingerprint density at radius 3 is 2.11 bits per heavy atom. The Bertz CT molecular complexity index is 246. The van der Waals surface area contributed by atoms with Gasteiger partial charge in [-0.3, -0.25) is 9.80 Å². The molecule has 0 radical (unpaired) electrons. The number of allylic oxidation sites excluding steroid dienone is 1. The lowest BCUT2D eigenvalue weighted by atomic mass is 9.88. The maximum absolute atomic E-state index is 9.29. The third kappa shape index (κ3) is 5.61. The second-order valence-corrected chi connectivity index (χ2v) is 5.64. The molecule has 1 heterocycles. The van der Waals surface area contributed by atoms with Crippen LogP contribution in [0.4, 0.5) is 0 Å². The van der Waals surface area contributed by atoms with Gasteiger partial charge in [-0.05, 0) is 33.4 Å². The van der Waals surface area contributed by atoms with Gasteiger partial charge in [-0.25, -0.2) is 0 Å². The van der Waals surface area contributed by atoms with Gasteiger partial charge in [0.15, 0.2) is 0 Å². The average Bonchev–Trinajstić information content (AvgIpc) is 2.37. The molecule has 2 aliphatic rings. The van der Waals surface area contributed by atoms with Crippen molar-refractivity contribution in [1.82, 2.24) is 14.7 Å². The van der Waals surface area contributed by atoms with Crippen molar-refractivity contribution in [3.8, 4) is 0 Å². The van der Waals surface area contributed by atoms with Crippen LogP contribution >= 0.6 is 0 Å². The number of piperazine rings is 1. The largest absolute Gasteiger partial charge is 0.393 e. The summed E-state index contributed by atoms with van der Waals surface area (Å²) in [6, 6.07) is 0.610. The number of nitrogens with zero attached hydrogens (tertiary/aromatic N) is 3. The van der Waals surface area contributed by atoms with Crippen LogP contribution in [-0.4, -0.2) is 78.4 Å². The van der Waals surface area contributed by atoms with E-state index in [1.165, 1.54) is 32.7 Å². The predicted molar refractivity (Wildman–Crippen MR) is 81.2 cm³/mol. The molecular weight excluding hydrogens is 238 g/mol. The van der Waals surface area contributed by atoms with Crippen molar-refractivity contribution >= 4 is 0 Å². The van der Waals surface area contributed by atoms with Gasteiger partial charge in [0.1, 0.15) is 0 Å². The summed E-state index contributed by atoms with van der Waals surface area (Å²) in [7, 11) is 2.18. The van der Waals surface area contributed by atoms with Gasteiger partial charge in [-0.15, -0.1) is 6.58 Å². The second kappa shape index (κ2) is 8.69. The van der Waals surface area contributed by atoms with Gasteiger partial charge in [0.05, 0.1) is 12.8 Å². The van der Waals surface area contributed by atoms with E-state index in [4.69, 9.17) is 0 Å². The maximum Gasteiger partial charge on any atom is 0.0570 e. The molecule has 1 aliphatic carbocycles. The minimum atomic E-state index is -0.0376. The molecule has 0 aromatic heterocycles. The maximum atomic E-state index is 9.29. The van der Waals surface area contributed by atoms with Crippen LogP contribution < -0.4 is 0 Å². The zero-order valence-electron chi connectivity index (χ0n) is 12.9. The van der Waals surface area contributed by atoms with E-state index in [-0.39, 0.29) is 6.10 Å². The molecule has 0 amide bonds. The Balaban J connectivity index is 0.000000550. The van der Waals surface area contributed by atoms with Crippen molar-refractivity contribution < 1.29 is 5.11 Å². The van der Waals surface area contributed by atoms with Gasteiger partial charge in [0.25, 0.3) is 0 Å². The zero-order chi connectivity index (χ0) is 14.3. The number of aliphatic hydroxyl groups excluding tert-OH is 1. The number of hydrogen-bond acceptors (Lipinski definition) is 4. The van der Waals surface area contributed by atoms with E-state index in [1.807, 2.05) is 6.92 Å². The number of rotatable bonds is 4. The lowest BCUT2D eigenvalue weighted by Crippen LogP contribution is -2.53. The molecule has 0 aromatic carbocycles. The minimum absolute atomic E-state index is 0.0376. The molecule has 2 rings (SSSR count). The van der Waals surface area contributed by atoms with Crippen LogP contribution in [0, 0.1) is 0 Å². The lowest BCUT2D eigenvalue weighted by molar-refractivity contribution is -0.0161. The number of likely N-dealkylation sites (N-methyl/N-ethyl adjacent to an activating group) is 1. The molecule has 19 heavy (non-hydrogen) atoms. The summed E-state index contributed by atoms with van der Waals surface area (Å²) in [5.74, 6) is 0. The van der Waals surface area contributed by atoms with E-state index in [1.54, 1.807) is 6.08 Å². The summed E-state index contributed by atoms with van der Waals surface area (Å²) < 4.78 is 0. The summed E-state index contributed by atoms with van der Waals surface area (Å²) in [4.78, 5) is 7.43. The Hall–Kier alpha value is -0.420. The quantitative estimate of drug-likeness (QED) is 0.778. The fourth-order valence-electron chi connectivity index (χ4n) is 2.60. The van der Waals surface area contributed by atoms with Crippen LogP contribution in [0.5, 0.6) is 0 Å². The average molecular weight is 269 g/mol. The van der Waals surface area contributed by atoms with E-state index in [2.05, 4.69) is 35.3 Å². The molecule has 1 aliphatic heterocycles. The first-order chi connectivity index (χ1) is 9.10. The summed E-state index contributed by atoms with van der Waals surface area (Å²) in [5.41, 5.74) is 0. The molecule has 0 bridgehead atoms. The highest BCUT2D eigenvalue weighted by atomic mass is 16.3. The summed E-state index contributed by atoms with van der Waals surface area (Å²) >= 11 is 0. The molecule has 0 unspecified atom stereocenters. The van der Waals surface area contributed by atoms with Crippen LogP contribution in [-0.2, 0) is 0 Å². The highest BCUT2D eigenvalue weighted by Gasteiger charge is 2.31. The smallest absolute Gasteiger partial charge is 0.0570 e. The number of hydrogen-bond donors (Lipinski definition) is 1. The van der Waals surface area contributed by atoms with Crippen LogP contribution in [0.3, 0.4) is 0 Å². The predicted octanol–water partition coefficient (Wildman–Crippen LogP) is 1.23. The van der Waals surface area contributed by atoms with E-state index >= 15 is 0 Å². The van der Waals surface area contributed by atoms with Gasteiger partial charge >= 0.3 is 0 Å². The summed E-state index contributed by atoms with van der Waals surface area (Å²) in [6.07, 6.45) is 3.64. The topological polar surface area (TPSA) is 30.0 Å². The summed E-state index contributed by atoms with van der Waals surface area (Å²) in [6.45, 7) is 14.5. The first kappa shape index (κ1) is 16.6. The van der Waals surface area contributed by atoms with Crippen LogP contribution in [0.1, 0.15) is 26.7 Å². The fourth-order valence-corrected chi connectivity index (χ4v) is 2.60. The molecule has 112 valence electrons. The monoisotopic (exact) mass is 269 g/mol. The molecule has 1 N–H and O–H groups in total. The van der Waals surface area contributed by atoms with Crippen molar-refractivity contribution in [2.45, 2.75) is 38.8 Å². The SMILES string of the molecule is C=CC.CCN1CCN(CN(C)C2CC(O)C2)CC1. The van der Waals surface area contributed by atoms with Crippen molar-refractivity contribution in [3.05, 3.63) is 12.7 Å². The lowest BCUT2D eigenvalue weighted by Gasteiger charge is -2.42. The Kier molecular flexibility index (Phi) is 7.61. The van der Waals surface area contributed by atoms with E-state index < -0.39 is 0 Å².